The third kappa shape index (κ3) is 3.29. The number of carbonyl (C=O) groups is 1. The lowest BCUT2D eigenvalue weighted by Crippen LogP contribution is -2.18. The molecule has 0 saturated carbocycles. The summed E-state index contributed by atoms with van der Waals surface area (Å²) in [4.78, 5) is 10.3. The minimum Gasteiger partial charge on any atom is -0.481 e. The van der Waals surface area contributed by atoms with Crippen LogP contribution in [0, 0.1) is 0 Å². The van der Waals surface area contributed by atoms with Gasteiger partial charge in [0.05, 0.1) is 0 Å². The fourth-order valence-corrected chi connectivity index (χ4v) is 1.50. The van der Waals surface area contributed by atoms with Gasteiger partial charge in [-0.3, -0.25) is 4.79 Å². The van der Waals surface area contributed by atoms with Crippen molar-refractivity contribution in [1.82, 2.24) is 0 Å². The van der Waals surface area contributed by atoms with Crippen molar-refractivity contribution in [2.75, 3.05) is 0 Å². The van der Waals surface area contributed by atoms with Crippen LogP contribution in [-0.2, 0) is 17.1 Å². The normalized spacial score (nSPS) is 11.4. The van der Waals surface area contributed by atoms with Gasteiger partial charge in [-0.25, -0.2) is 8.78 Å². The molecule has 0 radical (unpaired) electrons. The van der Waals surface area contributed by atoms with Gasteiger partial charge in [-0.15, -0.1) is 0 Å². The van der Waals surface area contributed by atoms with Crippen molar-refractivity contribution < 1.29 is 18.7 Å². The smallest absolute Gasteiger partial charge is 0.309 e. The number of aliphatic carboxylic acids is 1. The second-order valence-electron chi connectivity index (χ2n) is 3.72. The zero-order chi connectivity index (χ0) is 12.2. The van der Waals surface area contributed by atoms with Gasteiger partial charge < -0.3 is 5.11 Å². The lowest BCUT2D eigenvalue weighted by Gasteiger charge is -2.14. The predicted molar refractivity (Wildman–Crippen MR) is 56.6 cm³/mol. The summed E-state index contributed by atoms with van der Waals surface area (Å²) in [5, 5.41) is 8.37. The van der Waals surface area contributed by atoms with Gasteiger partial charge in [-0.2, -0.15) is 0 Å². The van der Waals surface area contributed by atoms with Crippen LogP contribution < -0.4 is 0 Å². The van der Waals surface area contributed by atoms with Gasteiger partial charge in [-0.1, -0.05) is 37.6 Å². The van der Waals surface area contributed by atoms with Crippen LogP contribution in [0.1, 0.15) is 30.9 Å². The van der Waals surface area contributed by atoms with E-state index in [0.29, 0.717) is 0 Å². The molecular weight excluding hydrogens is 214 g/mol. The number of rotatable bonds is 5. The Bertz CT molecular complexity index is 358. The number of aryl methyl sites for hydroxylation is 1. The zero-order valence-electron chi connectivity index (χ0n) is 9.04. The average molecular weight is 228 g/mol. The number of benzene rings is 1. The molecule has 0 atom stereocenters. The van der Waals surface area contributed by atoms with E-state index < -0.39 is 18.3 Å². The lowest BCUT2D eigenvalue weighted by atomic mass is 10.0. The first kappa shape index (κ1) is 12.6. The summed E-state index contributed by atoms with van der Waals surface area (Å²) in [6.07, 6.45) is 0.621. The Kier molecular flexibility index (Phi) is 3.99. The maximum Gasteiger partial charge on any atom is 0.309 e. The summed E-state index contributed by atoms with van der Waals surface area (Å²) in [5.74, 6) is -4.79. The molecule has 0 bridgehead atoms. The van der Waals surface area contributed by atoms with Crippen LogP contribution in [0.25, 0.3) is 0 Å². The molecule has 0 aliphatic carbocycles. The number of hydrogen-bond donors (Lipinski definition) is 1. The Morgan fingerprint density at radius 3 is 2.31 bits per heavy atom. The maximum atomic E-state index is 13.3. The topological polar surface area (TPSA) is 37.3 Å². The van der Waals surface area contributed by atoms with Gasteiger partial charge in [-0.05, 0) is 12.0 Å². The van der Waals surface area contributed by atoms with Crippen LogP contribution in [0.15, 0.2) is 24.3 Å². The number of carboxylic acid groups (broad SMARTS) is 1. The van der Waals surface area contributed by atoms with Gasteiger partial charge >= 0.3 is 5.97 Å². The molecule has 16 heavy (non-hydrogen) atoms. The number of halogens is 2. The molecule has 88 valence electrons. The van der Waals surface area contributed by atoms with E-state index in [-0.39, 0.29) is 5.56 Å². The SMILES string of the molecule is CCCc1ccc(C(F)(F)CC(=O)O)cc1. The third-order valence-electron chi connectivity index (χ3n) is 2.29. The van der Waals surface area contributed by atoms with Crippen molar-refractivity contribution in [3.05, 3.63) is 35.4 Å². The number of hydrogen-bond acceptors (Lipinski definition) is 1. The molecule has 0 aliphatic heterocycles. The maximum absolute atomic E-state index is 13.3. The third-order valence-corrected chi connectivity index (χ3v) is 2.29. The molecule has 0 amide bonds. The molecule has 1 rings (SSSR count). The molecule has 4 heteroatoms. The van der Waals surface area contributed by atoms with E-state index in [1.54, 1.807) is 12.1 Å². The van der Waals surface area contributed by atoms with Crippen molar-refractivity contribution in [3.63, 3.8) is 0 Å². The molecule has 0 saturated heterocycles. The highest BCUT2D eigenvalue weighted by molar-refractivity contribution is 5.68. The Balaban J connectivity index is 2.83. The molecule has 1 aromatic rings. The van der Waals surface area contributed by atoms with Gasteiger partial charge in [0.1, 0.15) is 6.42 Å². The molecule has 0 aromatic heterocycles. The summed E-state index contributed by atoms with van der Waals surface area (Å²) in [6, 6.07) is 5.84. The van der Waals surface area contributed by atoms with Gasteiger partial charge in [0.25, 0.3) is 5.92 Å². The first-order chi connectivity index (χ1) is 7.45. The molecule has 1 N–H and O–H groups in total. The fraction of sp³-hybridized carbons (Fsp3) is 0.417. The van der Waals surface area contributed by atoms with Crippen molar-refractivity contribution >= 4 is 5.97 Å². The van der Waals surface area contributed by atoms with E-state index in [2.05, 4.69) is 0 Å². The van der Waals surface area contributed by atoms with E-state index in [4.69, 9.17) is 5.11 Å². The molecule has 0 unspecified atom stereocenters. The Morgan fingerprint density at radius 2 is 1.88 bits per heavy atom. The van der Waals surface area contributed by atoms with E-state index in [1.165, 1.54) is 12.1 Å². The van der Waals surface area contributed by atoms with Crippen molar-refractivity contribution in [2.24, 2.45) is 0 Å². The highest BCUT2D eigenvalue weighted by atomic mass is 19.3. The average Bonchev–Trinajstić information content (AvgIpc) is 2.17. The van der Waals surface area contributed by atoms with Gasteiger partial charge in [0, 0.05) is 5.56 Å². The number of alkyl halides is 2. The second kappa shape index (κ2) is 5.05. The van der Waals surface area contributed by atoms with E-state index >= 15 is 0 Å². The van der Waals surface area contributed by atoms with E-state index in [9.17, 15) is 13.6 Å². The predicted octanol–water partition coefficient (Wildman–Crippen LogP) is 3.21. The first-order valence-electron chi connectivity index (χ1n) is 5.14. The van der Waals surface area contributed by atoms with Crippen LogP contribution in [0.2, 0.25) is 0 Å². The summed E-state index contributed by atoms with van der Waals surface area (Å²) >= 11 is 0. The van der Waals surface area contributed by atoms with E-state index in [1.807, 2.05) is 6.92 Å². The molecular formula is C12H14F2O2. The highest BCUT2D eigenvalue weighted by Crippen LogP contribution is 2.31. The molecule has 1 aromatic carbocycles. The highest BCUT2D eigenvalue weighted by Gasteiger charge is 2.34. The van der Waals surface area contributed by atoms with Gasteiger partial charge in [0.2, 0.25) is 0 Å². The van der Waals surface area contributed by atoms with Crippen molar-refractivity contribution in [3.8, 4) is 0 Å². The molecule has 2 nitrogen and oxygen atoms in total. The Hall–Kier alpha value is -1.45. The Morgan fingerprint density at radius 1 is 1.31 bits per heavy atom. The van der Waals surface area contributed by atoms with Crippen LogP contribution in [0.5, 0.6) is 0 Å². The molecule has 0 heterocycles. The number of carboxylic acids is 1. The standard InChI is InChI=1S/C12H14F2O2/c1-2-3-9-4-6-10(7-5-9)12(13,14)8-11(15)16/h4-7H,2-3,8H2,1H3,(H,15,16). The summed E-state index contributed by atoms with van der Waals surface area (Å²) in [7, 11) is 0. The summed E-state index contributed by atoms with van der Waals surface area (Å²) in [5.41, 5.74) is 0.743. The van der Waals surface area contributed by atoms with E-state index in [0.717, 1.165) is 18.4 Å². The Labute approximate surface area is 92.9 Å². The molecule has 0 spiro atoms. The van der Waals surface area contributed by atoms with Crippen LogP contribution in [0.4, 0.5) is 8.78 Å². The van der Waals surface area contributed by atoms with Gasteiger partial charge in [0.15, 0.2) is 0 Å². The summed E-state index contributed by atoms with van der Waals surface area (Å²) < 4.78 is 26.7. The largest absolute Gasteiger partial charge is 0.481 e. The minimum absolute atomic E-state index is 0.241. The van der Waals surface area contributed by atoms with Crippen LogP contribution >= 0.6 is 0 Å². The molecule has 0 aliphatic rings. The zero-order valence-corrected chi connectivity index (χ0v) is 9.04. The van der Waals surface area contributed by atoms with Crippen LogP contribution in [-0.4, -0.2) is 11.1 Å². The minimum atomic E-state index is -3.30. The van der Waals surface area contributed by atoms with Crippen molar-refractivity contribution in [2.45, 2.75) is 32.1 Å². The fourth-order valence-electron chi connectivity index (χ4n) is 1.50. The lowest BCUT2D eigenvalue weighted by molar-refractivity contribution is -0.145. The quantitative estimate of drug-likeness (QED) is 0.840. The van der Waals surface area contributed by atoms with Crippen molar-refractivity contribution in [1.29, 1.82) is 0 Å². The summed E-state index contributed by atoms with van der Waals surface area (Å²) in [6.45, 7) is 2.01. The van der Waals surface area contributed by atoms with Crippen LogP contribution in [0.3, 0.4) is 0 Å². The monoisotopic (exact) mass is 228 g/mol. The second-order valence-corrected chi connectivity index (χ2v) is 3.72. The first-order valence-corrected chi connectivity index (χ1v) is 5.14. The molecule has 0 fully saturated rings.